The second kappa shape index (κ2) is 6.21. The minimum Gasteiger partial charge on any atom is -0.273 e. The second-order valence-corrected chi connectivity index (χ2v) is 5.93. The van der Waals surface area contributed by atoms with Crippen molar-refractivity contribution in [1.29, 1.82) is 0 Å². The predicted molar refractivity (Wildman–Crippen MR) is 80.6 cm³/mol. The highest BCUT2D eigenvalue weighted by molar-refractivity contribution is 5.88. The summed E-state index contributed by atoms with van der Waals surface area (Å²) in [4.78, 5) is 12.1. The summed E-state index contributed by atoms with van der Waals surface area (Å²) < 4.78 is 0. The molecule has 0 bridgehead atoms. The van der Waals surface area contributed by atoms with Gasteiger partial charge in [0, 0.05) is 11.6 Å². The van der Waals surface area contributed by atoms with Crippen LogP contribution in [-0.2, 0) is 4.79 Å². The van der Waals surface area contributed by atoms with Gasteiger partial charge in [-0.1, -0.05) is 43.2 Å². The van der Waals surface area contributed by atoms with Gasteiger partial charge in [0.25, 0.3) is 0 Å². The molecule has 0 radical (unpaired) electrons. The Morgan fingerprint density at radius 3 is 2.45 bits per heavy atom. The number of hydrogen-bond donors (Lipinski definition) is 1. The van der Waals surface area contributed by atoms with Crippen molar-refractivity contribution in [3.63, 3.8) is 0 Å². The highest BCUT2D eigenvalue weighted by Crippen LogP contribution is 2.47. The summed E-state index contributed by atoms with van der Waals surface area (Å²) >= 11 is 0. The van der Waals surface area contributed by atoms with Crippen LogP contribution in [-0.4, -0.2) is 11.6 Å². The fourth-order valence-corrected chi connectivity index (χ4v) is 3.02. The van der Waals surface area contributed by atoms with Crippen LogP contribution < -0.4 is 5.43 Å². The summed E-state index contributed by atoms with van der Waals surface area (Å²) in [6, 6.07) is 10.3. The van der Waals surface area contributed by atoms with Crippen molar-refractivity contribution in [2.24, 2.45) is 11.0 Å². The first-order chi connectivity index (χ1) is 9.84. The van der Waals surface area contributed by atoms with Crippen molar-refractivity contribution in [2.75, 3.05) is 0 Å². The first-order valence-corrected chi connectivity index (χ1v) is 7.75. The molecule has 0 spiro atoms. The summed E-state index contributed by atoms with van der Waals surface area (Å²) in [5.41, 5.74) is 5.24. The van der Waals surface area contributed by atoms with Crippen LogP contribution in [0.15, 0.2) is 35.4 Å². The Hall–Kier alpha value is -1.64. The van der Waals surface area contributed by atoms with Gasteiger partial charge in [-0.25, -0.2) is 5.43 Å². The van der Waals surface area contributed by atoms with Crippen LogP contribution in [0.4, 0.5) is 0 Å². The Morgan fingerprint density at radius 1 is 1.05 bits per heavy atom. The Kier molecular flexibility index (Phi) is 4.14. The van der Waals surface area contributed by atoms with Gasteiger partial charge in [0.1, 0.15) is 0 Å². The summed E-state index contributed by atoms with van der Waals surface area (Å²) in [5, 5.41) is 4.35. The standard InChI is InChI=1S/C17H22N2O/c20-17(19-18-14-10-6-1-2-7-11-14)16-12-15(16)13-8-4-3-5-9-13/h3-5,8-9,15-16H,1-2,6-7,10-12H2,(H,19,20). The zero-order valence-electron chi connectivity index (χ0n) is 11.8. The molecule has 106 valence electrons. The molecule has 1 amide bonds. The van der Waals surface area contributed by atoms with E-state index in [0.29, 0.717) is 5.92 Å². The fraction of sp³-hybridized carbons (Fsp3) is 0.529. The number of nitrogens with zero attached hydrogens (tertiary/aromatic N) is 1. The average Bonchev–Trinajstić information content (AvgIpc) is 3.30. The van der Waals surface area contributed by atoms with Crippen molar-refractivity contribution in [1.82, 2.24) is 5.43 Å². The smallest absolute Gasteiger partial charge is 0.243 e. The molecule has 0 aromatic heterocycles. The maximum atomic E-state index is 12.1. The van der Waals surface area contributed by atoms with Crippen LogP contribution in [0.5, 0.6) is 0 Å². The second-order valence-electron chi connectivity index (χ2n) is 5.93. The number of rotatable bonds is 3. The van der Waals surface area contributed by atoms with E-state index in [1.54, 1.807) is 0 Å². The first-order valence-electron chi connectivity index (χ1n) is 7.75. The number of hydrazone groups is 1. The van der Waals surface area contributed by atoms with E-state index in [2.05, 4.69) is 22.7 Å². The fourth-order valence-electron chi connectivity index (χ4n) is 3.02. The van der Waals surface area contributed by atoms with Crippen molar-refractivity contribution < 1.29 is 4.79 Å². The molecule has 1 aromatic carbocycles. The quantitative estimate of drug-likeness (QED) is 0.661. The van der Waals surface area contributed by atoms with E-state index < -0.39 is 0 Å². The van der Waals surface area contributed by atoms with Gasteiger partial charge in [0.15, 0.2) is 0 Å². The first kappa shape index (κ1) is 13.3. The molecule has 3 rings (SSSR count). The molecule has 2 unspecified atom stereocenters. The van der Waals surface area contributed by atoms with Crippen molar-refractivity contribution >= 4 is 11.6 Å². The van der Waals surface area contributed by atoms with E-state index >= 15 is 0 Å². The summed E-state index contributed by atoms with van der Waals surface area (Å²) in [5.74, 6) is 0.605. The van der Waals surface area contributed by atoms with Crippen molar-refractivity contribution in [2.45, 2.75) is 50.9 Å². The lowest BCUT2D eigenvalue weighted by atomic mass is 10.1. The Labute approximate surface area is 120 Å². The number of carbonyl (C=O) groups is 1. The number of nitrogens with one attached hydrogen (secondary N) is 1. The van der Waals surface area contributed by atoms with Crippen molar-refractivity contribution in [3.05, 3.63) is 35.9 Å². The molecule has 3 nitrogen and oxygen atoms in total. The average molecular weight is 270 g/mol. The molecule has 2 fully saturated rings. The van der Waals surface area contributed by atoms with Crippen LogP contribution in [0.2, 0.25) is 0 Å². The Balaban J connectivity index is 1.52. The third-order valence-corrected chi connectivity index (χ3v) is 4.36. The zero-order chi connectivity index (χ0) is 13.8. The lowest BCUT2D eigenvalue weighted by molar-refractivity contribution is -0.122. The third kappa shape index (κ3) is 3.27. The Bertz CT molecular complexity index is 485. The van der Waals surface area contributed by atoms with Gasteiger partial charge < -0.3 is 0 Å². The third-order valence-electron chi connectivity index (χ3n) is 4.36. The van der Waals surface area contributed by atoms with Gasteiger partial charge in [0.05, 0.1) is 0 Å². The lowest BCUT2D eigenvalue weighted by Gasteiger charge is -2.03. The number of amides is 1. The molecule has 1 aromatic rings. The van der Waals surface area contributed by atoms with Crippen molar-refractivity contribution in [3.8, 4) is 0 Å². The van der Waals surface area contributed by atoms with E-state index in [1.807, 2.05) is 18.2 Å². The van der Waals surface area contributed by atoms with Crippen LogP contribution in [0.3, 0.4) is 0 Å². The topological polar surface area (TPSA) is 41.5 Å². The minimum atomic E-state index is 0.0931. The maximum Gasteiger partial charge on any atom is 0.243 e. The molecule has 0 heterocycles. The van der Waals surface area contributed by atoms with E-state index in [1.165, 1.54) is 37.0 Å². The monoisotopic (exact) mass is 270 g/mol. The van der Waals surface area contributed by atoms with Crippen LogP contribution in [0, 0.1) is 5.92 Å². The molecule has 2 aliphatic rings. The summed E-state index contributed by atoms with van der Waals surface area (Å²) in [6.45, 7) is 0. The maximum absolute atomic E-state index is 12.1. The van der Waals surface area contributed by atoms with Gasteiger partial charge in [-0.3, -0.25) is 4.79 Å². The molecule has 0 saturated heterocycles. The number of hydrogen-bond acceptors (Lipinski definition) is 2. The highest BCUT2D eigenvalue weighted by Gasteiger charge is 2.43. The predicted octanol–water partition coefficient (Wildman–Crippen LogP) is 3.62. The normalized spacial score (nSPS) is 25.7. The van der Waals surface area contributed by atoms with E-state index in [0.717, 1.165) is 19.3 Å². The minimum absolute atomic E-state index is 0.0931. The molecule has 2 aliphatic carbocycles. The zero-order valence-corrected chi connectivity index (χ0v) is 11.8. The lowest BCUT2D eigenvalue weighted by Crippen LogP contribution is -2.21. The molecule has 1 N–H and O–H groups in total. The highest BCUT2D eigenvalue weighted by atomic mass is 16.2. The van der Waals surface area contributed by atoms with Crippen LogP contribution in [0.1, 0.15) is 56.4 Å². The molecular weight excluding hydrogens is 248 g/mol. The van der Waals surface area contributed by atoms with Crippen LogP contribution >= 0.6 is 0 Å². The molecular formula is C17H22N2O. The van der Waals surface area contributed by atoms with E-state index in [9.17, 15) is 4.79 Å². The van der Waals surface area contributed by atoms with Gasteiger partial charge >= 0.3 is 0 Å². The number of carbonyl (C=O) groups excluding carboxylic acids is 1. The van der Waals surface area contributed by atoms with Crippen LogP contribution in [0.25, 0.3) is 0 Å². The van der Waals surface area contributed by atoms with Gasteiger partial charge in [0.2, 0.25) is 5.91 Å². The molecule has 2 saturated carbocycles. The molecule has 2 atom stereocenters. The van der Waals surface area contributed by atoms with Gasteiger partial charge in [-0.05, 0) is 43.6 Å². The number of benzene rings is 1. The molecule has 3 heteroatoms. The van der Waals surface area contributed by atoms with Gasteiger partial charge in [-0.15, -0.1) is 0 Å². The summed E-state index contributed by atoms with van der Waals surface area (Å²) in [7, 11) is 0. The SMILES string of the molecule is O=C(NN=C1CCCCCC1)C1CC1c1ccccc1. The largest absolute Gasteiger partial charge is 0.273 e. The Morgan fingerprint density at radius 2 is 1.75 bits per heavy atom. The van der Waals surface area contributed by atoms with E-state index in [4.69, 9.17) is 0 Å². The summed E-state index contributed by atoms with van der Waals surface area (Å²) in [6.07, 6.45) is 8.08. The molecule has 0 aliphatic heterocycles. The van der Waals surface area contributed by atoms with Gasteiger partial charge in [-0.2, -0.15) is 5.10 Å². The van der Waals surface area contributed by atoms with E-state index in [-0.39, 0.29) is 11.8 Å². The molecule has 20 heavy (non-hydrogen) atoms.